The molecule has 0 radical (unpaired) electrons. The van der Waals surface area contributed by atoms with Gasteiger partial charge in [-0.3, -0.25) is 14.5 Å². The van der Waals surface area contributed by atoms with E-state index in [1.807, 2.05) is 0 Å². The van der Waals surface area contributed by atoms with Crippen molar-refractivity contribution in [1.82, 2.24) is 4.98 Å². The monoisotopic (exact) mass is 516 g/mol. The van der Waals surface area contributed by atoms with Crippen molar-refractivity contribution < 1.29 is 23.5 Å². The SMILES string of the molecule is O=C1C(=O)N(c2nc3ccc(F)cc3s2)C(c2ccc(Cl)c(Cl)c2)/C1=C(\O)c1ccc(F)cc1. The second kappa shape index (κ2) is 8.47. The molecule has 10 heteroatoms. The van der Waals surface area contributed by atoms with Crippen molar-refractivity contribution in [3.8, 4) is 0 Å². The first-order valence-electron chi connectivity index (χ1n) is 9.82. The van der Waals surface area contributed by atoms with Crippen LogP contribution >= 0.6 is 34.5 Å². The minimum absolute atomic E-state index is 0.136. The van der Waals surface area contributed by atoms with Gasteiger partial charge in [0.25, 0.3) is 5.78 Å². The highest BCUT2D eigenvalue weighted by Gasteiger charge is 2.48. The zero-order chi connectivity index (χ0) is 24.1. The third kappa shape index (κ3) is 3.73. The van der Waals surface area contributed by atoms with Crippen molar-refractivity contribution in [1.29, 1.82) is 0 Å². The van der Waals surface area contributed by atoms with Crippen LogP contribution in [0.25, 0.3) is 16.0 Å². The first-order valence-corrected chi connectivity index (χ1v) is 11.4. The molecule has 0 bridgehead atoms. The fraction of sp³-hybridized carbons (Fsp3) is 0.0417. The van der Waals surface area contributed by atoms with Gasteiger partial charge in [0, 0.05) is 5.56 Å². The van der Waals surface area contributed by atoms with Gasteiger partial charge in [0.1, 0.15) is 17.4 Å². The highest BCUT2D eigenvalue weighted by molar-refractivity contribution is 7.22. The van der Waals surface area contributed by atoms with Crippen LogP contribution in [0.5, 0.6) is 0 Å². The van der Waals surface area contributed by atoms with E-state index in [-0.39, 0.29) is 26.3 Å². The zero-order valence-corrected chi connectivity index (χ0v) is 19.3. The number of halogens is 4. The molecule has 1 amide bonds. The number of aromatic nitrogens is 1. The van der Waals surface area contributed by atoms with Crippen molar-refractivity contribution in [3.05, 3.63) is 99.0 Å². The lowest BCUT2D eigenvalue weighted by atomic mass is 9.95. The number of aliphatic hydroxyl groups excluding tert-OH is 1. The Hall–Kier alpha value is -3.33. The number of carbonyl (C=O) groups excluding carboxylic acids is 2. The Morgan fingerprint density at radius 1 is 0.941 bits per heavy atom. The van der Waals surface area contributed by atoms with Crippen LogP contribution in [0.2, 0.25) is 10.0 Å². The van der Waals surface area contributed by atoms with Crippen LogP contribution in [-0.4, -0.2) is 21.8 Å². The van der Waals surface area contributed by atoms with Gasteiger partial charge in [-0.05, 0) is 60.2 Å². The molecular weight excluding hydrogens is 505 g/mol. The van der Waals surface area contributed by atoms with Gasteiger partial charge < -0.3 is 5.11 Å². The van der Waals surface area contributed by atoms with E-state index in [0.29, 0.717) is 15.8 Å². The standard InChI is InChI=1S/C24H12Cl2F2N2O3S/c25-15-7-3-12(9-16(15)26)20-19(21(31)11-1-4-13(27)5-2-11)22(32)23(33)30(20)24-29-17-8-6-14(28)10-18(17)34-24/h1-10,20,31H/b21-19+. The van der Waals surface area contributed by atoms with Gasteiger partial charge in [-0.1, -0.05) is 40.6 Å². The number of ketones is 1. The number of benzene rings is 3. The van der Waals surface area contributed by atoms with E-state index >= 15 is 0 Å². The molecule has 5 rings (SSSR count). The first-order chi connectivity index (χ1) is 16.2. The second-order valence-electron chi connectivity index (χ2n) is 7.46. The lowest BCUT2D eigenvalue weighted by Crippen LogP contribution is -2.29. The Morgan fingerprint density at radius 3 is 2.35 bits per heavy atom. The third-order valence-corrected chi connectivity index (χ3v) is 7.12. The molecule has 34 heavy (non-hydrogen) atoms. The van der Waals surface area contributed by atoms with Crippen LogP contribution in [0.3, 0.4) is 0 Å². The van der Waals surface area contributed by atoms with Crippen LogP contribution in [0.4, 0.5) is 13.9 Å². The summed E-state index contributed by atoms with van der Waals surface area (Å²) in [6, 6.07) is 12.3. The molecule has 1 fully saturated rings. The zero-order valence-electron chi connectivity index (χ0n) is 16.9. The van der Waals surface area contributed by atoms with E-state index in [2.05, 4.69) is 4.98 Å². The minimum atomic E-state index is -1.11. The predicted molar refractivity (Wildman–Crippen MR) is 127 cm³/mol. The summed E-state index contributed by atoms with van der Waals surface area (Å²) in [5.74, 6) is -3.37. The molecule has 1 aliphatic rings. The Morgan fingerprint density at radius 2 is 1.65 bits per heavy atom. The molecule has 0 spiro atoms. The van der Waals surface area contributed by atoms with Crippen LogP contribution in [0.1, 0.15) is 17.2 Å². The summed E-state index contributed by atoms with van der Waals surface area (Å²) >= 11 is 13.3. The number of nitrogens with zero attached hydrogens (tertiary/aromatic N) is 2. The van der Waals surface area contributed by atoms with Gasteiger partial charge in [-0.25, -0.2) is 13.8 Å². The molecule has 5 nitrogen and oxygen atoms in total. The first kappa shape index (κ1) is 22.5. The molecule has 1 N–H and O–H groups in total. The van der Waals surface area contributed by atoms with Gasteiger partial charge in [-0.15, -0.1) is 0 Å². The van der Waals surface area contributed by atoms with Crippen molar-refractivity contribution in [3.63, 3.8) is 0 Å². The van der Waals surface area contributed by atoms with Crippen molar-refractivity contribution in [2.24, 2.45) is 0 Å². The Balaban J connectivity index is 1.74. The molecule has 3 aromatic carbocycles. The number of amides is 1. The summed E-state index contributed by atoms with van der Waals surface area (Å²) in [5.41, 5.74) is 0.758. The summed E-state index contributed by atoms with van der Waals surface area (Å²) < 4.78 is 27.6. The second-order valence-corrected chi connectivity index (χ2v) is 9.28. The number of aliphatic hydroxyl groups is 1. The normalized spacial score (nSPS) is 17.6. The summed E-state index contributed by atoms with van der Waals surface area (Å²) in [7, 11) is 0. The number of rotatable bonds is 3. The van der Waals surface area contributed by atoms with Crippen molar-refractivity contribution in [2.75, 3.05) is 4.90 Å². The molecule has 1 saturated heterocycles. The van der Waals surface area contributed by atoms with Gasteiger partial charge in [0.2, 0.25) is 0 Å². The van der Waals surface area contributed by atoms with Gasteiger partial charge >= 0.3 is 5.91 Å². The number of Topliss-reactive ketones (excluding diaryl/α,β-unsaturated/α-hetero) is 1. The molecule has 1 unspecified atom stereocenters. The van der Waals surface area contributed by atoms with Crippen LogP contribution in [-0.2, 0) is 9.59 Å². The quantitative estimate of drug-likeness (QED) is 0.191. The minimum Gasteiger partial charge on any atom is -0.507 e. The number of carbonyl (C=O) groups is 2. The van der Waals surface area contributed by atoms with E-state index < -0.39 is 35.1 Å². The fourth-order valence-corrected chi connectivity index (χ4v) is 5.10. The fourth-order valence-electron chi connectivity index (χ4n) is 3.78. The summed E-state index contributed by atoms with van der Waals surface area (Å²) in [4.78, 5) is 31.9. The van der Waals surface area contributed by atoms with Crippen LogP contribution in [0, 0.1) is 11.6 Å². The number of hydrogen-bond acceptors (Lipinski definition) is 5. The highest BCUT2D eigenvalue weighted by atomic mass is 35.5. The lowest BCUT2D eigenvalue weighted by Gasteiger charge is -2.23. The van der Waals surface area contributed by atoms with E-state index in [9.17, 15) is 23.5 Å². The molecule has 2 heterocycles. The van der Waals surface area contributed by atoms with Crippen LogP contribution in [0.15, 0.2) is 66.2 Å². The topological polar surface area (TPSA) is 70.5 Å². The molecule has 4 aromatic rings. The third-order valence-electron chi connectivity index (χ3n) is 5.37. The molecule has 1 atom stereocenters. The molecule has 0 aliphatic carbocycles. The molecule has 1 aliphatic heterocycles. The van der Waals surface area contributed by atoms with Crippen LogP contribution < -0.4 is 4.90 Å². The summed E-state index contributed by atoms with van der Waals surface area (Å²) in [5, 5.41) is 11.6. The number of hydrogen-bond donors (Lipinski definition) is 1. The largest absolute Gasteiger partial charge is 0.507 e. The summed E-state index contributed by atoms with van der Waals surface area (Å²) in [6.07, 6.45) is 0. The Kier molecular flexibility index (Phi) is 5.59. The van der Waals surface area contributed by atoms with E-state index in [0.717, 1.165) is 28.4 Å². The van der Waals surface area contributed by atoms with Crippen molar-refractivity contribution in [2.45, 2.75) is 6.04 Å². The van der Waals surface area contributed by atoms with Gasteiger partial charge in [0.15, 0.2) is 5.13 Å². The molecule has 170 valence electrons. The summed E-state index contributed by atoms with van der Waals surface area (Å²) in [6.45, 7) is 0. The maximum Gasteiger partial charge on any atom is 0.301 e. The van der Waals surface area contributed by atoms with Crippen molar-refractivity contribution >= 4 is 67.3 Å². The van der Waals surface area contributed by atoms with Gasteiger partial charge in [-0.2, -0.15) is 0 Å². The highest BCUT2D eigenvalue weighted by Crippen LogP contribution is 2.45. The molecule has 1 aromatic heterocycles. The Bertz CT molecular complexity index is 1520. The average Bonchev–Trinajstić information content (AvgIpc) is 3.33. The molecule has 0 saturated carbocycles. The maximum atomic E-state index is 13.7. The Labute approximate surface area is 205 Å². The van der Waals surface area contributed by atoms with E-state index in [4.69, 9.17) is 23.2 Å². The van der Waals surface area contributed by atoms with E-state index in [1.54, 1.807) is 6.07 Å². The number of fused-ring (bicyclic) bond motifs is 1. The predicted octanol–water partition coefficient (Wildman–Crippen LogP) is 6.51. The average molecular weight is 517 g/mol. The number of anilines is 1. The maximum absolute atomic E-state index is 13.7. The van der Waals surface area contributed by atoms with Gasteiger partial charge in [0.05, 0.1) is 31.9 Å². The smallest absolute Gasteiger partial charge is 0.301 e. The molecular formula is C24H12Cl2F2N2O3S. The van der Waals surface area contributed by atoms with E-state index in [1.165, 1.54) is 42.5 Å². The number of thiazole rings is 1. The lowest BCUT2D eigenvalue weighted by molar-refractivity contribution is -0.132.